The lowest BCUT2D eigenvalue weighted by Crippen LogP contribution is -2.34. The van der Waals surface area contributed by atoms with Crippen molar-refractivity contribution in [2.24, 2.45) is 0 Å². The number of imidazole rings is 1. The Bertz CT molecular complexity index is 1360. The smallest absolute Gasteiger partial charge is 0.415 e. The molecule has 0 aliphatic rings. The summed E-state index contributed by atoms with van der Waals surface area (Å²) in [5, 5.41) is 3.25. The summed E-state index contributed by atoms with van der Waals surface area (Å²) in [6.45, 7) is 11.7. The minimum Gasteiger partial charge on any atom is -0.443 e. The van der Waals surface area contributed by atoms with Crippen LogP contribution in [0.4, 0.5) is 22.2 Å². The SMILES string of the molecule is Cc1nc2cnc(Nc3ccnc(-c4ccc(N(C)C(=O)OC(C)(C)C)nc4)n3)cc2n1C(C)C. The number of ether oxygens (including phenoxy) is 1. The molecule has 1 N–H and O–H groups in total. The monoisotopic (exact) mass is 474 g/mol. The number of pyridine rings is 2. The first-order valence-electron chi connectivity index (χ1n) is 11.4. The molecule has 0 radical (unpaired) electrons. The number of amides is 1. The second-order valence-corrected chi connectivity index (χ2v) is 9.52. The standard InChI is InChI=1S/C25H30N8O2/c1-15(2)33-16(3)29-18-14-27-21(12-19(18)33)30-20-10-11-26-23(31-20)17-8-9-22(28-13-17)32(7)24(34)35-25(4,5)6/h8-15H,1-7H3,(H,26,27,30,31). The van der Waals surface area contributed by atoms with Crippen molar-refractivity contribution in [3.63, 3.8) is 0 Å². The molecule has 1 amide bonds. The van der Waals surface area contributed by atoms with E-state index in [1.807, 2.05) is 39.8 Å². The molecular weight excluding hydrogens is 444 g/mol. The van der Waals surface area contributed by atoms with Gasteiger partial charge in [0, 0.05) is 37.1 Å². The van der Waals surface area contributed by atoms with Crippen LogP contribution in [-0.2, 0) is 4.74 Å². The summed E-state index contributed by atoms with van der Waals surface area (Å²) >= 11 is 0. The Balaban J connectivity index is 1.53. The fraction of sp³-hybridized carbons (Fsp3) is 0.360. The van der Waals surface area contributed by atoms with Gasteiger partial charge in [-0.2, -0.15) is 0 Å². The van der Waals surface area contributed by atoms with Gasteiger partial charge < -0.3 is 14.6 Å². The first kappa shape index (κ1) is 24.1. The molecule has 10 nitrogen and oxygen atoms in total. The van der Waals surface area contributed by atoms with Crippen LogP contribution in [0.5, 0.6) is 0 Å². The molecule has 0 aromatic carbocycles. The van der Waals surface area contributed by atoms with E-state index in [9.17, 15) is 4.79 Å². The highest BCUT2D eigenvalue weighted by atomic mass is 16.6. The largest absolute Gasteiger partial charge is 0.443 e. The summed E-state index contributed by atoms with van der Waals surface area (Å²) in [5.41, 5.74) is 2.00. The van der Waals surface area contributed by atoms with E-state index < -0.39 is 11.7 Å². The highest BCUT2D eigenvalue weighted by molar-refractivity contribution is 5.86. The maximum atomic E-state index is 12.3. The van der Waals surface area contributed by atoms with Crippen molar-refractivity contribution in [3.8, 4) is 11.4 Å². The van der Waals surface area contributed by atoms with Gasteiger partial charge in [-0.25, -0.2) is 29.7 Å². The molecule has 4 aromatic rings. The van der Waals surface area contributed by atoms with Crippen LogP contribution in [0, 0.1) is 6.92 Å². The Labute approximate surface area is 204 Å². The van der Waals surface area contributed by atoms with Crippen LogP contribution in [0.1, 0.15) is 46.5 Å². The number of rotatable bonds is 5. The third-order valence-corrected chi connectivity index (χ3v) is 5.20. The van der Waals surface area contributed by atoms with Crippen LogP contribution in [-0.4, -0.2) is 48.2 Å². The summed E-state index contributed by atoms with van der Waals surface area (Å²) in [6.07, 6.45) is 4.59. The normalized spacial score (nSPS) is 11.7. The van der Waals surface area contributed by atoms with Crippen molar-refractivity contribution in [1.29, 1.82) is 0 Å². The number of carbonyl (C=O) groups excluding carboxylic acids is 1. The molecule has 35 heavy (non-hydrogen) atoms. The average molecular weight is 475 g/mol. The van der Waals surface area contributed by atoms with Gasteiger partial charge in [0.15, 0.2) is 5.82 Å². The topological polar surface area (TPSA) is 111 Å². The van der Waals surface area contributed by atoms with Crippen molar-refractivity contribution in [3.05, 3.63) is 48.7 Å². The predicted octanol–water partition coefficient (Wildman–Crippen LogP) is 5.29. The number of nitrogens with one attached hydrogen (secondary N) is 1. The number of anilines is 3. The van der Waals surface area contributed by atoms with Gasteiger partial charge in [0.1, 0.15) is 34.4 Å². The number of fused-ring (bicyclic) bond motifs is 1. The molecule has 0 unspecified atom stereocenters. The third kappa shape index (κ3) is 5.37. The minimum atomic E-state index is -0.584. The Kier molecular flexibility index (Phi) is 6.38. The van der Waals surface area contributed by atoms with Crippen molar-refractivity contribution in [2.45, 2.75) is 53.2 Å². The number of carbonyl (C=O) groups is 1. The second-order valence-electron chi connectivity index (χ2n) is 9.52. The van der Waals surface area contributed by atoms with Gasteiger partial charge in [0.25, 0.3) is 0 Å². The zero-order chi connectivity index (χ0) is 25.3. The van der Waals surface area contributed by atoms with Crippen LogP contribution >= 0.6 is 0 Å². The number of aromatic nitrogens is 6. The Morgan fingerprint density at radius 2 is 1.83 bits per heavy atom. The van der Waals surface area contributed by atoms with E-state index in [1.165, 1.54) is 4.90 Å². The van der Waals surface area contributed by atoms with Crippen molar-refractivity contribution >= 4 is 34.6 Å². The number of aryl methyl sites for hydroxylation is 1. The molecule has 4 rings (SSSR count). The lowest BCUT2D eigenvalue weighted by Gasteiger charge is -2.24. The Morgan fingerprint density at radius 3 is 2.49 bits per heavy atom. The lowest BCUT2D eigenvalue weighted by molar-refractivity contribution is 0.0588. The van der Waals surface area contributed by atoms with Crippen molar-refractivity contribution < 1.29 is 9.53 Å². The van der Waals surface area contributed by atoms with Crippen LogP contribution < -0.4 is 10.2 Å². The highest BCUT2D eigenvalue weighted by Gasteiger charge is 2.21. The molecule has 0 aliphatic carbocycles. The predicted molar refractivity (Wildman–Crippen MR) is 136 cm³/mol. The molecule has 4 heterocycles. The van der Waals surface area contributed by atoms with Gasteiger partial charge in [0.2, 0.25) is 0 Å². The molecular formula is C25H30N8O2. The van der Waals surface area contributed by atoms with E-state index in [-0.39, 0.29) is 6.04 Å². The van der Waals surface area contributed by atoms with Gasteiger partial charge >= 0.3 is 6.09 Å². The number of hydrogen-bond donors (Lipinski definition) is 1. The summed E-state index contributed by atoms with van der Waals surface area (Å²) in [6, 6.07) is 7.58. The van der Waals surface area contributed by atoms with E-state index >= 15 is 0 Å². The fourth-order valence-corrected chi connectivity index (χ4v) is 3.68. The van der Waals surface area contributed by atoms with E-state index in [2.05, 4.69) is 48.7 Å². The summed E-state index contributed by atoms with van der Waals surface area (Å²) in [7, 11) is 1.62. The first-order valence-corrected chi connectivity index (χ1v) is 11.4. The maximum Gasteiger partial charge on any atom is 0.415 e. The lowest BCUT2D eigenvalue weighted by atomic mass is 10.2. The van der Waals surface area contributed by atoms with Crippen molar-refractivity contribution in [1.82, 2.24) is 29.5 Å². The van der Waals surface area contributed by atoms with Gasteiger partial charge in [0.05, 0.1) is 11.7 Å². The quantitative estimate of drug-likeness (QED) is 0.415. The third-order valence-electron chi connectivity index (χ3n) is 5.20. The molecule has 182 valence electrons. The zero-order valence-corrected chi connectivity index (χ0v) is 21.1. The average Bonchev–Trinajstić information content (AvgIpc) is 3.13. The van der Waals surface area contributed by atoms with Crippen molar-refractivity contribution in [2.75, 3.05) is 17.3 Å². The number of hydrogen-bond acceptors (Lipinski definition) is 8. The molecule has 0 fully saturated rings. The minimum absolute atomic E-state index is 0.283. The van der Waals surface area contributed by atoms with Crippen LogP contribution in [0.2, 0.25) is 0 Å². The summed E-state index contributed by atoms with van der Waals surface area (Å²) in [4.78, 5) is 36.1. The van der Waals surface area contributed by atoms with Gasteiger partial charge in [-0.05, 0) is 59.7 Å². The van der Waals surface area contributed by atoms with E-state index in [0.717, 1.165) is 16.9 Å². The molecule has 0 atom stereocenters. The highest BCUT2D eigenvalue weighted by Crippen LogP contribution is 2.25. The Morgan fingerprint density at radius 1 is 1.06 bits per heavy atom. The van der Waals surface area contributed by atoms with Crippen LogP contribution in [0.3, 0.4) is 0 Å². The first-order chi connectivity index (χ1) is 16.5. The summed E-state index contributed by atoms with van der Waals surface area (Å²) in [5.74, 6) is 3.18. The Hall–Kier alpha value is -4.08. The van der Waals surface area contributed by atoms with Crippen LogP contribution in [0.25, 0.3) is 22.4 Å². The van der Waals surface area contributed by atoms with E-state index in [4.69, 9.17) is 4.74 Å². The number of nitrogens with zero attached hydrogens (tertiary/aromatic N) is 7. The molecule has 0 aliphatic heterocycles. The second kappa shape index (κ2) is 9.28. The molecule has 0 saturated carbocycles. The molecule has 4 aromatic heterocycles. The zero-order valence-electron chi connectivity index (χ0n) is 21.1. The van der Waals surface area contributed by atoms with E-state index in [1.54, 1.807) is 37.8 Å². The molecule has 0 saturated heterocycles. The fourth-order valence-electron chi connectivity index (χ4n) is 3.68. The van der Waals surface area contributed by atoms with E-state index in [0.29, 0.717) is 28.8 Å². The molecule has 0 bridgehead atoms. The van der Waals surface area contributed by atoms with Gasteiger partial charge in [-0.15, -0.1) is 0 Å². The van der Waals surface area contributed by atoms with Crippen LogP contribution in [0.15, 0.2) is 42.9 Å². The molecule has 10 heteroatoms. The van der Waals surface area contributed by atoms with Gasteiger partial charge in [-0.1, -0.05) is 0 Å². The van der Waals surface area contributed by atoms with Gasteiger partial charge in [-0.3, -0.25) is 4.90 Å². The molecule has 0 spiro atoms. The maximum absolute atomic E-state index is 12.3. The summed E-state index contributed by atoms with van der Waals surface area (Å²) < 4.78 is 7.57.